The summed E-state index contributed by atoms with van der Waals surface area (Å²) in [6.45, 7) is 7.70. The predicted molar refractivity (Wildman–Crippen MR) is 72.8 cm³/mol. The molecule has 1 N–H and O–H groups in total. The highest BCUT2D eigenvalue weighted by Crippen LogP contribution is 2.29. The first-order chi connectivity index (χ1) is 9.43. The number of hydrogen-bond acceptors (Lipinski definition) is 6. The minimum Gasteiger partial charge on any atom is -0.383 e. The summed E-state index contributed by atoms with van der Waals surface area (Å²) >= 11 is 0. The van der Waals surface area contributed by atoms with Crippen LogP contribution in [-0.4, -0.2) is 33.2 Å². The predicted octanol–water partition coefficient (Wildman–Crippen LogP) is 1.05. The van der Waals surface area contributed by atoms with E-state index < -0.39 is 0 Å². The van der Waals surface area contributed by atoms with E-state index in [1.165, 1.54) is 6.07 Å². The van der Waals surface area contributed by atoms with Crippen molar-refractivity contribution < 1.29 is 4.52 Å². The number of anilines is 1. The van der Waals surface area contributed by atoms with E-state index in [9.17, 15) is 4.79 Å². The zero-order valence-corrected chi connectivity index (χ0v) is 11.8. The van der Waals surface area contributed by atoms with Gasteiger partial charge in [-0.15, -0.1) is 0 Å². The molecule has 2 aromatic heterocycles. The number of hydrogen-bond donors (Lipinski definition) is 1. The van der Waals surface area contributed by atoms with Crippen LogP contribution in [0.15, 0.2) is 21.7 Å². The molecule has 7 nitrogen and oxygen atoms in total. The number of nitrogens with one attached hydrogen (secondary N) is 1. The van der Waals surface area contributed by atoms with Gasteiger partial charge in [-0.05, 0) is 0 Å². The lowest BCUT2D eigenvalue weighted by Gasteiger charge is -2.37. The molecule has 0 amide bonds. The van der Waals surface area contributed by atoms with Gasteiger partial charge in [0.2, 0.25) is 5.95 Å². The van der Waals surface area contributed by atoms with Crippen LogP contribution >= 0.6 is 0 Å². The van der Waals surface area contributed by atoms with E-state index in [0.717, 1.165) is 18.9 Å². The molecule has 1 fully saturated rings. The molecule has 0 bridgehead atoms. The Morgan fingerprint density at radius 3 is 2.70 bits per heavy atom. The topological polar surface area (TPSA) is 87.9 Å². The van der Waals surface area contributed by atoms with E-state index in [-0.39, 0.29) is 16.9 Å². The standard InChI is InChI=1S/C13H17N5O2/c1-13(2,3)11-14-7-15-12(16-11)18-5-8(6-18)9-4-10(19)17-20-9/h4,7-8H,5-6H2,1-3H3,(H,17,19). The van der Waals surface area contributed by atoms with Gasteiger partial charge in [0.05, 0.1) is 5.92 Å². The summed E-state index contributed by atoms with van der Waals surface area (Å²) in [4.78, 5) is 26.0. The van der Waals surface area contributed by atoms with Crippen LogP contribution in [0.25, 0.3) is 0 Å². The van der Waals surface area contributed by atoms with Crippen LogP contribution in [0.2, 0.25) is 0 Å². The Kier molecular flexibility index (Phi) is 2.84. The molecule has 1 aliphatic rings. The normalized spacial score (nSPS) is 16.2. The number of aromatic amines is 1. The molecule has 0 radical (unpaired) electrons. The molecule has 1 aliphatic heterocycles. The fraction of sp³-hybridized carbons (Fsp3) is 0.538. The highest BCUT2D eigenvalue weighted by atomic mass is 16.5. The molecule has 3 heterocycles. The van der Waals surface area contributed by atoms with Gasteiger partial charge in [0.25, 0.3) is 5.56 Å². The lowest BCUT2D eigenvalue weighted by molar-refractivity contribution is 0.332. The monoisotopic (exact) mass is 275 g/mol. The van der Waals surface area contributed by atoms with Crippen LogP contribution in [0.1, 0.15) is 38.3 Å². The average Bonchev–Trinajstić information content (AvgIpc) is 2.73. The third-order valence-electron chi connectivity index (χ3n) is 3.34. The molecule has 7 heteroatoms. The maximum atomic E-state index is 11.0. The Balaban J connectivity index is 1.72. The molecule has 106 valence electrons. The van der Waals surface area contributed by atoms with Gasteiger partial charge in [0.15, 0.2) is 0 Å². The fourth-order valence-corrected chi connectivity index (χ4v) is 2.12. The van der Waals surface area contributed by atoms with Gasteiger partial charge >= 0.3 is 0 Å². The van der Waals surface area contributed by atoms with E-state index in [4.69, 9.17) is 4.52 Å². The molecule has 0 saturated carbocycles. The number of H-pyrrole nitrogens is 1. The summed E-state index contributed by atoms with van der Waals surface area (Å²) in [7, 11) is 0. The van der Waals surface area contributed by atoms with Crippen molar-refractivity contribution in [2.75, 3.05) is 18.0 Å². The Hall–Kier alpha value is -2.18. The van der Waals surface area contributed by atoms with Crippen LogP contribution < -0.4 is 10.5 Å². The molecule has 1 saturated heterocycles. The fourth-order valence-electron chi connectivity index (χ4n) is 2.12. The molecule has 20 heavy (non-hydrogen) atoms. The van der Waals surface area contributed by atoms with E-state index in [2.05, 4.69) is 45.8 Å². The van der Waals surface area contributed by atoms with Crippen LogP contribution in [0.3, 0.4) is 0 Å². The van der Waals surface area contributed by atoms with Crippen molar-refractivity contribution in [3.05, 3.63) is 34.3 Å². The second kappa shape index (κ2) is 4.43. The van der Waals surface area contributed by atoms with Crippen molar-refractivity contribution in [2.24, 2.45) is 0 Å². The SMILES string of the molecule is CC(C)(C)c1ncnc(N2CC(c3cc(=O)[nH]o3)C2)n1. The van der Waals surface area contributed by atoms with Crippen molar-refractivity contribution in [1.82, 2.24) is 20.1 Å². The van der Waals surface area contributed by atoms with Gasteiger partial charge in [0, 0.05) is 24.6 Å². The van der Waals surface area contributed by atoms with Gasteiger partial charge in [-0.25, -0.2) is 9.97 Å². The minimum absolute atomic E-state index is 0.102. The maximum absolute atomic E-state index is 11.0. The highest BCUT2D eigenvalue weighted by molar-refractivity contribution is 5.37. The van der Waals surface area contributed by atoms with E-state index in [1.54, 1.807) is 6.33 Å². The molecule has 0 atom stereocenters. The molecule has 2 aromatic rings. The first-order valence-corrected chi connectivity index (χ1v) is 6.56. The number of nitrogens with zero attached hydrogens (tertiary/aromatic N) is 4. The zero-order valence-electron chi connectivity index (χ0n) is 11.8. The minimum atomic E-state index is -0.200. The lowest BCUT2D eigenvalue weighted by atomic mass is 9.95. The van der Waals surface area contributed by atoms with Gasteiger partial charge in [-0.3, -0.25) is 4.79 Å². The van der Waals surface area contributed by atoms with Gasteiger partial charge < -0.3 is 9.42 Å². The third-order valence-corrected chi connectivity index (χ3v) is 3.34. The van der Waals surface area contributed by atoms with Crippen molar-refractivity contribution in [3.63, 3.8) is 0 Å². The molecule has 0 spiro atoms. The van der Waals surface area contributed by atoms with Crippen LogP contribution in [-0.2, 0) is 5.41 Å². The van der Waals surface area contributed by atoms with Crippen LogP contribution in [0.4, 0.5) is 5.95 Å². The Labute approximate surface area is 116 Å². The summed E-state index contributed by atoms with van der Waals surface area (Å²) in [5.41, 5.74) is -0.302. The largest absolute Gasteiger partial charge is 0.383 e. The number of aromatic nitrogens is 4. The quantitative estimate of drug-likeness (QED) is 0.881. The molecule has 0 aromatic carbocycles. The van der Waals surface area contributed by atoms with E-state index in [0.29, 0.717) is 11.7 Å². The second-order valence-corrected chi connectivity index (χ2v) is 6.08. The third kappa shape index (κ3) is 2.31. The van der Waals surface area contributed by atoms with E-state index >= 15 is 0 Å². The zero-order chi connectivity index (χ0) is 14.3. The summed E-state index contributed by atoms with van der Waals surface area (Å²) in [6, 6.07) is 1.50. The van der Waals surface area contributed by atoms with Crippen LogP contribution in [0, 0.1) is 0 Å². The summed E-state index contributed by atoms with van der Waals surface area (Å²) in [6.07, 6.45) is 1.55. The molecule has 0 aliphatic carbocycles. The number of rotatable bonds is 2. The first kappa shape index (κ1) is 12.8. The lowest BCUT2D eigenvalue weighted by Crippen LogP contribution is -2.46. The van der Waals surface area contributed by atoms with Crippen LogP contribution in [0.5, 0.6) is 0 Å². The Bertz CT molecular complexity index is 664. The van der Waals surface area contributed by atoms with Gasteiger partial charge in [0.1, 0.15) is 17.9 Å². The highest BCUT2D eigenvalue weighted by Gasteiger charge is 2.33. The van der Waals surface area contributed by atoms with Crippen molar-refractivity contribution in [1.29, 1.82) is 0 Å². The second-order valence-electron chi connectivity index (χ2n) is 6.08. The summed E-state index contributed by atoms with van der Waals surface area (Å²) < 4.78 is 5.11. The first-order valence-electron chi connectivity index (χ1n) is 6.56. The molecular weight excluding hydrogens is 258 g/mol. The molecule has 3 rings (SSSR count). The van der Waals surface area contributed by atoms with E-state index in [1.807, 2.05) is 0 Å². The van der Waals surface area contributed by atoms with Gasteiger partial charge in [-0.1, -0.05) is 20.8 Å². The summed E-state index contributed by atoms with van der Waals surface area (Å²) in [5, 5.41) is 2.31. The van der Waals surface area contributed by atoms with Crippen molar-refractivity contribution >= 4 is 5.95 Å². The molecular formula is C13H17N5O2. The van der Waals surface area contributed by atoms with Crippen molar-refractivity contribution in [2.45, 2.75) is 32.1 Å². The molecule has 0 unspecified atom stereocenters. The Morgan fingerprint density at radius 2 is 2.10 bits per heavy atom. The summed E-state index contributed by atoms with van der Waals surface area (Å²) in [5.74, 6) is 2.36. The van der Waals surface area contributed by atoms with Crippen molar-refractivity contribution in [3.8, 4) is 0 Å². The van der Waals surface area contributed by atoms with Gasteiger partial charge in [-0.2, -0.15) is 10.1 Å². The average molecular weight is 275 g/mol. The Morgan fingerprint density at radius 1 is 1.35 bits per heavy atom. The maximum Gasteiger partial charge on any atom is 0.280 e. The smallest absolute Gasteiger partial charge is 0.280 e.